The summed E-state index contributed by atoms with van der Waals surface area (Å²) >= 11 is 0. The molecule has 4 heteroatoms. The van der Waals surface area contributed by atoms with Crippen molar-refractivity contribution >= 4 is 5.97 Å². The van der Waals surface area contributed by atoms with Gasteiger partial charge in [-0.05, 0) is 43.0 Å². The maximum Gasteiger partial charge on any atom is 0.305 e. The molecule has 0 aromatic heterocycles. The third-order valence-corrected chi connectivity index (χ3v) is 2.97. The summed E-state index contributed by atoms with van der Waals surface area (Å²) in [6, 6.07) is 4.24. The fraction of sp³-hybridized carbons (Fsp3) is 0.533. The Kier molecular flexibility index (Phi) is 6.50. The molecule has 1 N–H and O–H groups in total. The Hall–Kier alpha value is -1.42. The SMILES string of the molecule is CCCCOC(=O)CCC(O)c1ccc(F)cc1C. The predicted octanol–water partition coefficient (Wildman–Crippen LogP) is 3.29. The zero-order valence-electron chi connectivity index (χ0n) is 11.5. The summed E-state index contributed by atoms with van der Waals surface area (Å²) in [6.45, 7) is 4.19. The van der Waals surface area contributed by atoms with Gasteiger partial charge >= 0.3 is 5.97 Å². The van der Waals surface area contributed by atoms with Gasteiger partial charge in [-0.3, -0.25) is 4.79 Å². The van der Waals surface area contributed by atoms with Crippen molar-refractivity contribution in [3.05, 3.63) is 35.1 Å². The van der Waals surface area contributed by atoms with E-state index in [-0.39, 0.29) is 24.6 Å². The van der Waals surface area contributed by atoms with E-state index in [2.05, 4.69) is 0 Å². The molecule has 0 spiro atoms. The van der Waals surface area contributed by atoms with Gasteiger partial charge in [0.25, 0.3) is 0 Å². The van der Waals surface area contributed by atoms with E-state index in [1.165, 1.54) is 12.1 Å². The summed E-state index contributed by atoms with van der Waals surface area (Å²) in [5.74, 6) is -0.625. The molecule has 0 aliphatic carbocycles. The number of benzene rings is 1. The number of aryl methyl sites for hydroxylation is 1. The van der Waals surface area contributed by atoms with Crippen LogP contribution in [0.5, 0.6) is 0 Å². The summed E-state index contributed by atoms with van der Waals surface area (Å²) in [5.41, 5.74) is 1.34. The van der Waals surface area contributed by atoms with E-state index in [1.54, 1.807) is 13.0 Å². The predicted molar refractivity (Wildman–Crippen MR) is 71.2 cm³/mol. The monoisotopic (exact) mass is 268 g/mol. The minimum Gasteiger partial charge on any atom is -0.466 e. The highest BCUT2D eigenvalue weighted by atomic mass is 19.1. The molecule has 0 bridgehead atoms. The van der Waals surface area contributed by atoms with Gasteiger partial charge in [0.1, 0.15) is 5.82 Å². The number of hydrogen-bond acceptors (Lipinski definition) is 3. The fourth-order valence-corrected chi connectivity index (χ4v) is 1.83. The minimum absolute atomic E-state index is 0.168. The smallest absolute Gasteiger partial charge is 0.305 e. The van der Waals surface area contributed by atoms with Crippen LogP contribution in [0, 0.1) is 12.7 Å². The molecule has 0 saturated heterocycles. The molecule has 1 aromatic rings. The van der Waals surface area contributed by atoms with Gasteiger partial charge in [0.05, 0.1) is 12.7 Å². The molecule has 0 saturated carbocycles. The van der Waals surface area contributed by atoms with Crippen LogP contribution in [-0.4, -0.2) is 17.7 Å². The van der Waals surface area contributed by atoms with E-state index in [4.69, 9.17) is 4.74 Å². The Morgan fingerprint density at radius 2 is 2.21 bits per heavy atom. The van der Waals surface area contributed by atoms with Crippen molar-refractivity contribution in [1.82, 2.24) is 0 Å². The lowest BCUT2D eigenvalue weighted by Gasteiger charge is -2.13. The van der Waals surface area contributed by atoms with Crippen LogP contribution in [0.3, 0.4) is 0 Å². The molecule has 0 aliphatic heterocycles. The molecule has 1 rings (SSSR count). The lowest BCUT2D eigenvalue weighted by atomic mass is 10.00. The molecular formula is C15H21FO3. The Bertz CT molecular complexity index is 418. The van der Waals surface area contributed by atoms with Gasteiger partial charge in [-0.2, -0.15) is 0 Å². The Morgan fingerprint density at radius 1 is 1.47 bits per heavy atom. The van der Waals surface area contributed by atoms with Crippen molar-refractivity contribution in [2.75, 3.05) is 6.61 Å². The highest BCUT2D eigenvalue weighted by Crippen LogP contribution is 2.22. The molecule has 19 heavy (non-hydrogen) atoms. The topological polar surface area (TPSA) is 46.5 Å². The van der Waals surface area contributed by atoms with Crippen molar-refractivity contribution in [1.29, 1.82) is 0 Å². The van der Waals surface area contributed by atoms with Gasteiger partial charge in [-0.15, -0.1) is 0 Å². The average Bonchev–Trinajstić information content (AvgIpc) is 2.36. The van der Waals surface area contributed by atoms with Crippen molar-refractivity contribution in [3.8, 4) is 0 Å². The second-order valence-electron chi connectivity index (χ2n) is 4.63. The highest BCUT2D eigenvalue weighted by Gasteiger charge is 2.13. The Balaban J connectivity index is 2.42. The molecule has 0 amide bonds. The quantitative estimate of drug-likeness (QED) is 0.609. The summed E-state index contributed by atoms with van der Waals surface area (Å²) in [6.07, 6.45) is 1.52. The number of unbranched alkanes of at least 4 members (excludes halogenated alkanes) is 1. The van der Waals surface area contributed by atoms with Crippen LogP contribution in [0.15, 0.2) is 18.2 Å². The van der Waals surface area contributed by atoms with Crippen LogP contribution in [0.4, 0.5) is 4.39 Å². The fourth-order valence-electron chi connectivity index (χ4n) is 1.83. The largest absolute Gasteiger partial charge is 0.466 e. The van der Waals surface area contributed by atoms with Crippen LogP contribution in [0.2, 0.25) is 0 Å². The Morgan fingerprint density at radius 3 is 2.84 bits per heavy atom. The number of carbonyl (C=O) groups excluding carboxylic acids is 1. The third kappa shape index (κ3) is 5.39. The van der Waals surface area contributed by atoms with Crippen molar-refractivity contribution in [3.63, 3.8) is 0 Å². The van der Waals surface area contributed by atoms with Crippen LogP contribution in [0.1, 0.15) is 49.8 Å². The molecule has 0 radical (unpaired) electrons. The minimum atomic E-state index is -0.765. The second-order valence-corrected chi connectivity index (χ2v) is 4.63. The van der Waals surface area contributed by atoms with E-state index in [1.807, 2.05) is 6.92 Å². The van der Waals surface area contributed by atoms with E-state index in [9.17, 15) is 14.3 Å². The maximum atomic E-state index is 12.9. The third-order valence-electron chi connectivity index (χ3n) is 2.97. The molecule has 0 heterocycles. The number of ether oxygens (including phenoxy) is 1. The van der Waals surface area contributed by atoms with E-state index >= 15 is 0 Å². The zero-order valence-corrected chi connectivity index (χ0v) is 11.5. The first-order chi connectivity index (χ1) is 9.04. The molecular weight excluding hydrogens is 247 g/mol. The summed E-state index contributed by atoms with van der Waals surface area (Å²) in [5, 5.41) is 9.98. The summed E-state index contributed by atoms with van der Waals surface area (Å²) in [7, 11) is 0. The van der Waals surface area contributed by atoms with Gasteiger partial charge in [-0.1, -0.05) is 19.4 Å². The number of carbonyl (C=O) groups is 1. The number of aliphatic hydroxyl groups is 1. The van der Waals surface area contributed by atoms with Crippen LogP contribution in [0.25, 0.3) is 0 Å². The van der Waals surface area contributed by atoms with E-state index in [0.29, 0.717) is 17.7 Å². The molecule has 1 atom stereocenters. The van der Waals surface area contributed by atoms with Crippen molar-refractivity contribution in [2.45, 2.75) is 45.6 Å². The highest BCUT2D eigenvalue weighted by molar-refractivity contribution is 5.69. The second kappa shape index (κ2) is 7.89. The molecule has 106 valence electrons. The number of halogens is 1. The Labute approximate surface area is 113 Å². The number of esters is 1. The van der Waals surface area contributed by atoms with Gasteiger partial charge in [-0.25, -0.2) is 4.39 Å². The van der Waals surface area contributed by atoms with E-state index in [0.717, 1.165) is 12.8 Å². The number of rotatable bonds is 7. The van der Waals surface area contributed by atoms with E-state index < -0.39 is 6.10 Å². The zero-order chi connectivity index (χ0) is 14.3. The normalized spacial score (nSPS) is 12.2. The summed E-state index contributed by atoms with van der Waals surface area (Å²) in [4.78, 5) is 11.4. The van der Waals surface area contributed by atoms with Crippen LogP contribution < -0.4 is 0 Å². The molecule has 0 fully saturated rings. The lowest BCUT2D eigenvalue weighted by molar-refractivity contribution is -0.144. The van der Waals surface area contributed by atoms with Gasteiger partial charge < -0.3 is 9.84 Å². The number of hydrogen-bond donors (Lipinski definition) is 1. The first-order valence-electron chi connectivity index (χ1n) is 6.64. The molecule has 1 unspecified atom stereocenters. The standard InChI is InChI=1S/C15H21FO3/c1-3-4-9-19-15(18)8-7-14(17)13-6-5-12(16)10-11(13)2/h5-6,10,14,17H,3-4,7-9H2,1-2H3. The first kappa shape index (κ1) is 15.6. The number of aliphatic hydroxyl groups excluding tert-OH is 1. The van der Waals surface area contributed by atoms with Gasteiger partial charge in [0, 0.05) is 6.42 Å². The van der Waals surface area contributed by atoms with Crippen LogP contribution in [-0.2, 0) is 9.53 Å². The van der Waals surface area contributed by atoms with Gasteiger partial charge in [0.2, 0.25) is 0 Å². The molecule has 1 aromatic carbocycles. The van der Waals surface area contributed by atoms with Crippen molar-refractivity contribution < 1.29 is 19.0 Å². The van der Waals surface area contributed by atoms with Crippen molar-refractivity contribution in [2.24, 2.45) is 0 Å². The maximum absolute atomic E-state index is 12.9. The lowest BCUT2D eigenvalue weighted by Crippen LogP contribution is -2.09. The summed E-state index contributed by atoms with van der Waals surface area (Å²) < 4.78 is 18.0. The van der Waals surface area contributed by atoms with Crippen LogP contribution >= 0.6 is 0 Å². The van der Waals surface area contributed by atoms with Gasteiger partial charge in [0.15, 0.2) is 0 Å². The first-order valence-corrected chi connectivity index (χ1v) is 6.64. The average molecular weight is 268 g/mol. The molecule has 3 nitrogen and oxygen atoms in total. The molecule has 0 aliphatic rings.